The molecule has 0 fully saturated rings. The van der Waals surface area contributed by atoms with Gasteiger partial charge in [-0.2, -0.15) is 0 Å². The van der Waals surface area contributed by atoms with E-state index in [4.69, 9.17) is 5.11 Å². The Hall–Kier alpha value is -2.76. The van der Waals surface area contributed by atoms with Gasteiger partial charge in [-0.05, 0) is 42.8 Å². The van der Waals surface area contributed by atoms with Crippen molar-refractivity contribution in [2.75, 3.05) is 5.32 Å². The van der Waals surface area contributed by atoms with E-state index in [1.807, 2.05) is 0 Å². The van der Waals surface area contributed by atoms with E-state index in [-0.39, 0.29) is 11.3 Å². The predicted molar refractivity (Wildman–Crippen MR) is 76.8 cm³/mol. The van der Waals surface area contributed by atoms with E-state index >= 15 is 0 Å². The number of halogens is 2. The molecule has 0 aliphatic rings. The first-order valence-corrected chi connectivity index (χ1v) is 6.47. The first-order chi connectivity index (χ1) is 10.4. The standard InChI is InChI=1S/C16H13F2NO3/c1-9(10-3-2-4-12(17)7-10)15(20)19-14-8-11(16(21)22)5-6-13(14)18/h2-9H,1H3,(H,19,20)(H,21,22)/t9-/m0/s1. The average molecular weight is 305 g/mol. The fourth-order valence-electron chi connectivity index (χ4n) is 1.92. The summed E-state index contributed by atoms with van der Waals surface area (Å²) < 4.78 is 26.8. The molecule has 4 nitrogen and oxygen atoms in total. The van der Waals surface area contributed by atoms with Gasteiger partial charge >= 0.3 is 5.97 Å². The molecule has 0 aromatic heterocycles. The van der Waals surface area contributed by atoms with Gasteiger partial charge in [0.1, 0.15) is 11.6 Å². The molecule has 2 N–H and O–H groups in total. The summed E-state index contributed by atoms with van der Waals surface area (Å²) in [7, 11) is 0. The summed E-state index contributed by atoms with van der Waals surface area (Å²) in [5.74, 6) is -3.73. The number of carbonyl (C=O) groups excluding carboxylic acids is 1. The number of carboxylic acids is 1. The van der Waals surface area contributed by atoms with Crippen LogP contribution in [0.1, 0.15) is 28.8 Å². The first-order valence-electron chi connectivity index (χ1n) is 6.47. The third kappa shape index (κ3) is 3.46. The lowest BCUT2D eigenvalue weighted by Crippen LogP contribution is -2.20. The summed E-state index contributed by atoms with van der Waals surface area (Å²) in [5, 5.41) is 11.2. The Labute approximate surface area is 125 Å². The number of amides is 1. The molecule has 0 aliphatic carbocycles. The van der Waals surface area contributed by atoms with Gasteiger partial charge in [0.25, 0.3) is 0 Å². The second-order valence-corrected chi connectivity index (χ2v) is 4.77. The Bertz CT molecular complexity index is 731. The highest BCUT2D eigenvalue weighted by Crippen LogP contribution is 2.21. The molecule has 22 heavy (non-hydrogen) atoms. The smallest absolute Gasteiger partial charge is 0.335 e. The first kappa shape index (κ1) is 15.6. The molecule has 1 atom stereocenters. The number of nitrogens with one attached hydrogen (secondary N) is 1. The maximum absolute atomic E-state index is 13.7. The van der Waals surface area contributed by atoms with Crippen LogP contribution in [0.25, 0.3) is 0 Å². The van der Waals surface area contributed by atoms with Crippen molar-refractivity contribution in [1.82, 2.24) is 0 Å². The molecule has 6 heteroatoms. The van der Waals surface area contributed by atoms with Crippen LogP contribution in [-0.2, 0) is 4.79 Å². The lowest BCUT2D eigenvalue weighted by atomic mass is 10.00. The normalized spacial score (nSPS) is 11.8. The maximum Gasteiger partial charge on any atom is 0.335 e. The summed E-state index contributed by atoms with van der Waals surface area (Å²) in [6.07, 6.45) is 0. The molecule has 114 valence electrons. The Balaban J connectivity index is 2.21. The molecule has 0 saturated carbocycles. The van der Waals surface area contributed by atoms with Crippen LogP contribution in [0.4, 0.5) is 14.5 Å². The lowest BCUT2D eigenvalue weighted by Gasteiger charge is -2.13. The van der Waals surface area contributed by atoms with Crippen molar-refractivity contribution < 1.29 is 23.5 Å². The summed E-state index contributed by atoms with van der Waals surface area (Å²) >= 11 is 0. The van der Waals surface area contributed by atoms with Gasteiger partial charge in [-0.3, -0.25) is 4.79 Å². The van der Waals surface area contributed by atoms with Gasteiger partial charge in [0.05, 0.1) is 17.2 Å². The molecular weight excluding hydrogens is 292 g/mol. The van der Waals surface area contributed by atoms with E-state index < -0.39 is 29.4 Å². The van der Waals surface area contributed by atoms with Crippen LogP contribution in [0.5, 0.6) is 0 Å². The molecule has 0 unspecified atom stereocenters. The number of aromatic carboxylic acids is 1. The molecule has 0 radical (unpaired) electrons. The molecule has 2 aromatic rings. The molecule has 1 amide bonds. The Morgan fingerprint density at radius 1 is 1.14 bits per heavy atom. The highest BCUT2D eigenvalue weighted by atomic mass is 19.1. The minimum absolute atomic E-state index is 0.143. The minimum atomic E-state index is -1.23. The maximum atomic E-state index is 13.7. The van der Waals surface area contributed by atoms with E-state index in [9.17, 15) is 18.4 Å². The average Bonchev–Trinajstić information content (AvgIpc) is 2.48. The van der Waals surface area contributed by atoms with Crippen LogP contribution in [-0.4, -0.2) is 17.0 Å². The van der Waals surface area contributed by atoms with Crippen LogP contribution in [0.2, 0.25) is 0 Å². The number of carbonyl (C=O) groups is 2. The summed E-state index contributed by atoms with van der Waals surface area (Å²) in [6.45, 7) is 1.54. The number of rotatable bonds is 4. The topological polar surface area (TPSA) is 66.4 Å². The fourth-order valence-corrected chi connectivity index (χ4v) is 1.92. The number of hydrogen-bond donors (Lipinski definition) is 2. The highest BCUT2D eigenvalue weighted by molar-refractivity contribution is 5.97. The summed E-state index contributed by atoms with van der Waals surface area (Å²) in [6, 6.07) is 8.62. The molecule has 0 saturated heterocycles. The van der Waals surface area contributed by atoms with Crippen LogP contribution >= 0.6 is 0 Å². The van der Waals surface area contributed by atoms with Crippen molar-refractivity contribution in [3.63, 3.8) is 0 Å². The van der Waals surface area contributed by atoms with Gasteiger partial charge in [-0.25, -0.2) is 13.6 Å². The Kier molecular flexibility index (Phi) is 4.50. The fraction of sp³-hybridized carbons (Fsp3) is 0.125. The van der Waals surface area contributed by atoms with E-state index in [0.717, 1.165) is 18.2 Å². The number of anilines is 1. The van der Waals surface area contributed by atoms with Crippen LogP contribution < -0.4 is 5.32 Å². The number of carboxylic acid groups (broad SMARTS) is 1. The molecule has 2 aromatic carbocycles. The SMILES string of the molecule is C[C@H](C(=O)Nc1cc(C(=O)O)ccc1F)c1cccc(F)c1. The minimum Gasteiger partial charge on any atom is -0.478 e. The van der Waals surface area contributed by atoms with Crippen molar-refractivity contribution in [1.29, 1.82) is 0 Å². The molecule has 0 bridgehead atoms. The third-order valence-corrected chi connectivity index (χ3v) is 3.21. The van der Waals surface area contributed by atoms with Crippen LogP contribution in [0.3, 0.4) is 0 Å². The number of hydrogen-bond acceptors (Lipinski definition) is 2. The monoisotopic (exact) mass is 305 g/mol. The van der Waals surface area contributed by atoms with Gasteiger partial charge in [-0.15, -0.1) is 0 Å². The second kappa shape index (κ2) is 6.34. The molecule has 0 heterocycles. The van der Waals surface area contributed by atoms with Crippen molar-refractivity contribution in [3.8, 4) is 0 Å². The van der Waals surface area contributed by atoms with Crippen LogP contribution in [0.15, 0.2) is 42.5 Å². The summed E-state index contributed by atoms with van der Waals surface area (Å²) in [4.78, 5) is 23.0. The summed E-state index contributed by atoms with van der Waals surface area (Å²) in [5.41, 5.74) is 0.0653. The number of benzene rings is 2. The Morgan fingerprint density at radius 2 is 1.86 bits per heavy atom. The van der Waals surface area contributed by atoms with E-state index in [2.05, 4.69) is 5.32 Å². The van der Waals surface area contributed by atoms with Crippen LogP contribution in [0, 0.1) is 11.6 Å². The predicted octanol–water partition coefficient (Wildman–Crippen LogP) is 3.41. The van der Waals surface area contributed by atoms with Gasteiger partial charge in [0, 0.05) is 0 Å². The largest absolute Gasteiger partial charge is 0.478 e. The van der Waals surface area contributed by atoms with E-state index in [1.54, 1.807) is 13.0 Å². The quantitative estimate of drug-likeness (QED) is 0.909. The van der Waals surface area contributed by atoms with Crippen molar-refractivity contribution in [2.45, 2.75) is 12.8 Å². The highest BCUT2D eigenvalue weighted by Gasteiger charge is 2.18. The zero-order chi connectivity index (χ0) is 16.3. The van der Waals surface area contributed by atoms with E-state index in [0.29, 0.717) is 5.56 Å². The van der Waals surface area contributed by atoms with Gasteiger partial charge < -0.3 is 10.4 Å². The van der Waals surface area contributed by atoms with Gasteiger partial charge in [-0.1, -0.05) is 12.1 Å². The molecule has 2 rings (SSSR count). The van der Waals surface area contributed by atoms with Gasteiger partial charge in [0.2, 0.25) is 5.91 Å². The molecule has 0 spiro atoms. The van der Waals surface area contributed by atoms with Crippen molar-refractivity contribution in [3.05, 3.63) is 65.2 Å². The zero-order valence-corrected chi connectivity index (χ0v) is 11.6. The lowest BCUT2D eigenvalue weighted by molar-refractivity contribution is -0.117. The van der Waals surface area contributed by atoms with Crippen molar-refractivity contribution >= 4 is 17.6 Å². The molecular formula is C16H13F2NO3. The van der Waals surface area contributed by atoms with E-state index in [1.165, 1.54) is 18.2 Å². The molecule has 0 aliphatic heterocycles. The third-order valence-electron chi connectivity index (χ3n) is 3.21. The van der Waals surface area contributed by atoms with Gasteiger partial charge in [0.15, 0.2) is 0 Å². The van der Waals surface area contributed by atoms with Crippen molar-refractivity contribution in [2.24, 2.45) is 0 Å². The Morgan fingerprint density at radius 3 is 2.50 bits per heavy atom. The zero-order valence-electron chi connectivity index (χ0n) is 11.6. The second-order valence-electron chi connectivity index (χ2n) is 4.77.